The number of anilines is 1. The summed E-state index contributed by atoms with van der Waals surface area (Å²) < 4.78 is 11.3. The average Bonchev–Trinajstić information content (AvgIpc) is 2.58. The van der Waals surface area contributed by atoms with Crippen LogP contribution in [0.2, 0.25) is 0 Å². The second-order valence-electron chi connectivity index (χ2n) is 6.62. The minimum Gasteiger partial charge on any atom is -0.490 e. The maximum Gasteiger partial charge on any atom is 0.244 e. The number of hydrogen-bond donors (Lipinski definition) is 2. The Morgan fingerprint density at radius 1 is 1.12 bits per heavy atom. The lowest BCUT2D eigenvalue weighted by Crippen LogP contribution is -2.54. The van der Waals surface area contributed by atoms with Crippen LogP contribution in [0.25, 0.3) is 0 Å². The van der Waals surface area contributed by atoms with E-state index in [2.05, 4.69) is 5.32 Å². The van der Waals surface area contributed by atoms with Crippen molar-refractivity contribution in [3.05, 3.63) is 24.3 Å². The van der Waals surface area contributed by atoms with Gasteiger partial charge >= 0.3 is 0 Å². The Balaban J connectivity index is 0.00000208. The summed E-state index contributed by atoms with van der Waals surface area (Å²) in [7, 11) is 0. The van der Waals surface area contributed by atoms with Gasteiger partial charge in [-0.3, -0.25) is 4.79 Å². The third kappa shape index (κ3) is 4.85. The maximum atomic E-state index is 12.4. The standard InChI is InChI=1S/C18H26N2O3.ClH/c19-18(10-12-22-13-11-18)17(21)20-14-6-8-16(9-7-14)23-15-4-2-1-3-5-15;/h6-9,15H,1-5,10-13,19H2,(H,20,21);1H. The van der Waals surface area contributed by atoms with Gasteiger partial charge in [-0.15, -0.1) is 12.4 Å². The molecular weight excluding hydrogens is 328 g/mol. The van der Waals surface area contributed by atoms with E-state index in [1.165, 1.54) is 19.3 Å². The molecule has 1 amide bonds. The lowest BCUT2D eigenvalue weighted by Gasteiger charge is -2.31. The Morgan fingerprint density at radius 2 is 1.75 bits per heavy atom. The third-order valence-corrected chi connectivity index (χ3v) is 4.80. The zero-order chi connectivity index (χ0) is 16.1. The third-order valence-electron chi connectivity index (χ3n) is 4.80. The molecule has 1 heterocycles. The highest BCUT2D eigenvalue weighted by Gasteiger charge is 2.35. The van der Waals surface area contributed by atoms with Crippen LogP contribution in [0.5, 0.6) is 5.75 Å². The molecule has 0 radical (unpaired) electrons. The molecule has 1 aromatic rings. The number of rotatable bonds is 4. The normalized spacial score (nSPS) is 20.7. The molecule has 5 nitrogen and oxygen atoms in total. The van der Waals surface area contributed by atoms with Gasteiger partial charge in [0.1, 0.15) is 11.3 Å². The topological polar surface area (TPSA) is 73.6 Å². The summed E-state index contributed by atoms with van der Waals surface area (Å²) in [5.74, 6) is 0.727. The van der Waals surface area contributed by atoms with Gasteiger partial charge in [-0.25, -0.2) is 0 Å². The number of amides is 1. The van der Waals surface area contributed by atoms with E-state index in [1.807, 2.05) is 24.3 Å². The van der Waals surface area contributed by atoms with Crippen LogP contribution in [0.4, 0.5) is 5.69 Å². The number of carbonyl (C=O) groups excluding carboxylic acids is 1. The summed E-state index contributed by atoms with van der Waals surface area (Å²) in [6.07, 6.45) is 7.54. The Bertz CT molecular complexity index is 524. The van der Waals surface area contributed by atoms with Crippen LogP contribution in [0.15, 0.2) is 24.3 Å². The summed E-state index contributed by atoms with van der Waals surface area (Å²) in [6.45, 7) is 1.08. The first kappa shape index (κ1) is 19.0. The molecule has 1 saturated carbocycles. The van der Waals surface area contributed by atoms with Crippen LogP contribution in [0.1, 0.15) is 44.9 Å². The molecule has 0 bridgehead atoms. The van der Waals surface area contributed by atoms with Crippen molar-refractivity contribution in [1.82, 2.24) is 0 Å². The minimum atomic E-state index is -0.824. The van der Waals surface area contributed by atoms with Crippen molar-refractivity contribution in [1.29, 1.82) is 0 Å². The molecule has 24 heavy (non-hydrogen) atoms. The highest BCUT2D eigenvalue weighted by atomic mass is 35.5. The molecule has 2 aliphatic rings. The summed E-state index contributed by atoms with van der Waals surface area (Å²) in [4.78, 5) is 12.4. The molecule has 1 aliphatic heterocycles. The van der Waals surface area contributed by atoms with Gasteiger partial charge in [0.05, 0.1) is 6.10 Å². The largest absolute Gasteiger partial charge is 0.490 e. The quantitative estimate of drug-likeness (QED) is 0.870. The SMILES string of the molecule is Cl.NC1(C(=O)Nc2ccc(OC3CCCCC3)cc2)CCOCC1. The first-order valence-electron chi connectivity index (χ1n) is 8.60. The van der Waals surface area contributed by atoms with E-state index < -0.39 is 5.54 Å². The van der Waals surface area contributed by atoms with E-state index in [9.17, 15) is 4.79 Å². The number of benzene rings is 1. The molecule has 3 N–H and O–H groups in total. The van der Waals surface area contributed by atoms with Gasteiger partial charge in [-0.05, 0) is 62.8 Å². The van der Waals surface area contributed by atoms with Gasteiger partial charge in [-0.2, -0.15) is 0 Å². The first-order valence-corrected chi connectivity index (χ1v) is 8.60. The Labute approximate surface area is 149 Å². The molecule has 0 aromatic heterocycles. The number of halogens is 1. The fourth-order valence-corrected chi connectivity index (χ4v) is 3.21. The van der Waals surface area contributed by atoms with Crippen LogP contribution in [-0.2, 0) is 9.53 Å². The molecule has 1 saturated heterocycles. The van der Waals surface area contributed by atoms with Crippen molar-refractivity contribution in [3.63, 3.8) is 0 Å². The van der Waals surface area contributed by atoms with Crippen molar-refractivity contribution in [2.75, 3.05) is 18.5 Å². The maximum absolute atomic E-state index is 12.4. The molecule has 134 valence electrons. The van der Waals surface area contributed by atoms with Crippen LogP contribution in [0.3, 0.4) is 0 Å². The molecule has 0 atom stereocenters. The zero-order valence-electron chi connectivity index (χ0n) is 14.0. The van der Waals surface area contributed by atoms with E-state index in [1.54, 1.807) is 0 Å². The van der Waals surface area contributed by atoms with Crippen molar-refractivity contribution in [2.24, 2.45) is 5.73 Å². The average molecular weight is 355 g/mol. The first-order chi connectivity index (χ1) is 11.2. The van der Waals surface area contributed by atoms with Gasteiger partial charge < -0.3 is 20.5 Å². The molecule has 1 aliphatic carbocycles. The molecule has 3 rings (SSSR count). The highest BCUT2D eigenvalue weighted by Crippen LogP contribution is 2.25. The Kier molecular flexibility index (Phi) is 6.90. The lowest BCUT2D eigenvalue weighted by molar-refractivity contribution is -0.124. The second-order valence-corrected chi connectivity index (χ2v) is 6.62. The van der Waals surface area contributed by atoms with E-state index in [4.69, 9.17) is 15.2 Å². The number of hydrogen-bond acceptors (Lipinski definition) is 4. The highest BCUT2D eigenvalue weighted by molar-refractivity contribution is 5.98. The van der Waals surface area contributed by atoms with Gasteiger partial charge in [0.15, 0.2) is 0 Å². The smallest absolute Gasteiger partial charge is 0.244 e. The molecule has 2 fully saturated rings. The minimum absolute atomic E-state index is 0. The number of carbonyl (C=O) groups is 1. The molecule has 0 spiro atoms. The van der Waals surface area contributed by atoms with Crippen molar-refractivity contribution >= 4 is 24.0 Å². The van der Waals surface area contributed by atoms with Crippen molar-refractivity contribution in [3.8, 4) is 5.75 Å². The zero-order valence-corrected chi connectivity index (χ0v) is 14.8. The number of ether oxygens (including phenoxy) is 2. The van der Waals surface area contributed by atoms with Crippen LogP contribution in [0, 0.1) is 0 Å². The molecule has 6 heteroatoms. The fourth-order valence-electron chi connectivity index (χ4n) is 3.21. The molecule has 1 aromatic carbocycles. The number of nitrogens with two attached hydrogens (primary N) is 1. The summed E-state index contributed by atoms with van der Waals surface area (Å²) in [5, 5.41) is 2.91. The van der Waals surface area contributed by atoms with Gasteiger partial charge in [0.25, 0.3) is 0 Å². The van der Waals surface area contributed by atoms with E-state index in [-0.39, 0.29) is 18.3 Å². The number of nitrogens with one attached hydrogen (secondary N) is 1. The van der Waals surface area contributed by atoms with Gasteiger partial charge in [0, 0.05) is 18.9 Å². The van der Waals surface area contributed by atoms with Crippen LogP contribution in [-0.4, -0.2) is 30.8 Å². The summed E-state index contributed by atoms with van der Waals surface area (Å²) in [5.41, 5.74) is 6.12. The Hall–Kier alpha value is -1.30. The van der Waals surface area contributed by atoms with Crippen LogP contribution >= 0.6 is 12.4 Å². The van der Waals surface area contributed by atoms with E-state index >= 15 is 0 Å². The summed E-state index contributed by atoms with van der Waals surface area (Å²) >= 11 is 0. The van der Waals surface area contributed by atoms with Gasteiger partial charge in [0.2, 0.25) is 5.91 Å². The summed E-state index contributed by atoms with van der Waals surface area (Å²) in [6, 6.07) is 7.58. The van der Waals surface area contributed by atoms with E-state index in [0.29, 0.717) is 32.2 Å². The lowest BCUT2D eigenvalue weighted by atomic mass is 9.90. The second kappa shape index (κ2) is 8.70. The van der Waals surface area contributed by atoms with E-state index in [0.717, 1.165) is 24.3 Å². The molecule has 0 unspecified atom stereocenters. The van der Waals surface area contributed by atoms with Gasteiger partial charge in [-0.1, -0.05) is 6.42 Å². The predicted octanol–water partition coefficient (Wildman–Crippen LogP) is 3.27. The fraction of sp³-hybridized carbons (Fsp3) is 0.611. The van der Waals surface area contributed by atoms with Crippen LogP contribution < -0.4 is 15.8 Å². The van der Waals surface area contributed by atoms with Crippen molar-refractivity contribution in [2.45, 2.75) is 56.6 Å². The monoisotopic (exact) mass is 354 g/mol. The van der Waals surface area contributed by atoms with Crippen molar-refractivity contribution < 1.29 is 14.3 Å². The molecular formula is C18H27ClN2O3. The Morgan fingerprint density at radius 3 is 2.38 bits per heavy atom. The predicted molar refractivity (Wildman–Crippen MR) is 96.8 cm³/mol.